The van der Waals surface area contributed by atoms with E-state index in [2.05, 4.69) is 79.1 Å². The van der Waals surface area contributed by atoms with Gasteiger partial charge in [0, 0.05) is 25.5 Å². The van der Waals surface area contributed by atoms with Crippen molar-refractivity contribution in [2.75, 3.05) is 10.9 Å². The van der Waals surface area contributed by atoms with E-state index in [0.29, 0.717) is 0 Å². The third kappa shape index (κ3) is 3.64. The molecule has 0 atom stereocenters. The van der Waals surface area contributed by atoms with E-state index in [1.165, 1.54) is 10.8 Å². The van der Waals surface area contributed by atoms with Crippen molar-refractivity contribution < 1.29 is 0 Å². The Morgan fingerprint density at radius 2 is 0.967 bits per heavy atom. The Morgan fingerprint density at radius 1 is 0.533 bits per heavy atom. The lowest BCUT2D eigenvalue weighted by Gasteiger charge is -2.06. The van der Waals surface area contributed by atoms with Gasteiger partial charge in [-0.25, -0.2) is 0 Å². The summed E-state index contributed by atoms with van der Waals surface area (Å²) in [5.74, 6) is 0. The van der Waals surface area contributed by atoms with Crippen molar-refractivity contribution in [3.8, 4) is 0 Å². The lowest BCUT2D eigenvalue weighted by Crippen LogP contribution is -2.14. The van der Waals surface area contributed by atoms with Gasteiger partial charge in [0.2, 0.25) is 0 Å². The molecule has 6 heteroatoms. The third-order valence-corrected chi connectivity index (χ3v) is 5.98. The smallest absolute Gasteiger partial charge is 0.119 e. The van der Waals surface area contributed by atoms with Crippen LogP contribution < -0.4 is 10.9 Å². The van der Waals surface area contributed by atoms with E-state index in [9.17, 15) is 0 Å². The topological polar surface area (TPSA) is 48.8 Å². The number of hydrogen-bond donors (Lipinski definition) is 2. The summed E-state index contributed by atoms with van der Waals surface area (Å²) in [7, 11) is 0. The zero-order chi connectivity index (χ0) is 20.5. The quantitative estimate of drug-likeness (QED) is 0.285. The van der Waals surface area contributed by atoms with Gasteiger partial charge in [-0.3, -0.25) is 10.9 Å². The minimum atomic E-state index is 0.814. The molecule has 0 heterocycles. The second kappa shape index (κ2) is 8.05. The predicted molar refractivity (Wildman–Crippen MR) is 133 cm³/mol. The zero-order valence-corrected chi connectivity index (χ0v) is 18.9. The molecular weight excluding hydrogens is 504 g/mol. The number of rotatable bonds is 4. The van der Waals surface area contributed by atoms with Crippen molar-refractivity contribution in [3.63, 3.8) is 0 Å². The fourth-order valence-electron chi connectivity index (χ4n) is 3.51. The van der Waals surface area contributed by atoms with Crippen LogP contribution in [-0.4, -0.2) is 11.4 Å². The van der Waals surface area contributed by atoms with Crippen molar-refractivity contribution in [1.29, 1.82) is 0 Å². The first kappa shape index (κ1) is 19.0. The molecule has 4 aromatic rings. The summed E-state index contributed by atoms with van der Waals surface area (Å²) in [4.78, 5) is 0. The number of benzene rings is 4. The Hall–Kier alpha value is -2.96. The molecular formula is C24H16Br2N4. The molecule has 5 rings (SSSR count). The van der Waals surface area contributed by atoms with Gasteiger partial charge in [-0.1, -0.05) is 68.3 Å². The molecule has 4 nitrogen and oxygen atoms in total. The van der Waals surface area contributed by atoms with Crippen LogP contribution in [0.1, 0.15) is 11.1 Å². The van der Waals surface area contributed by atoms with E-state index in [1.807, 2.05) is 48.5 Å². The predicted octanol–water partition coefficient (Wildman–Crippen LogP) is 7.01. The molecule has 1 aliphatic rings. The van der Waals surface area contributed by atoms with Crippen LogP contribution >= 0.6 is 31.9 Å². The van der Waals surface area contributed by atoms with Gasteiger partial charge in [0.25, 0.3) is 0 Å². The van der Waals surface area contributed by atoms with E-state index in [0.717, 1.165) is 42.9 Å². The molecule has 0 bridgehead atoms. The largest absolute Gasteiger partial charge is 0.278 e. The average molecular weight is 520 g/mol. The van der Waals surface area contributed by atoms with Crippen LogP contribution in [0.4, 0.5) is 11.4 Å². The van der Waals surface area contributed by atoms with E-state index in [1.54, 1.807) is 0 Å². The van der Waals surface area contributed by atoms with Crippen LogP contribution in [0, 0.1) is 0 Å². The maximum atomic E-state index is 4.74. The highest BCUT2D eigenvalue weighted by Gasteiger charge is 2.27. The Kier molecular flexibility index (Phi) is 5.11. The molecule has 0 amide bonds. The van der Waals surface area contributed by atoms with Crippen molar-refractivity contribution in [2.45, 2.75) is 0 Å². The van der Waals surface area contributed by atoms with Gasteiger partial charge in [-0.2, -0.15) is 10.2 Å². The summed E-state index contributed by atoms with van der Waals surface area (Å²) >= 11 is 6.93. The number of nitrogens with zero attached hydrogens (tertiary/aromatic N) is 2. The normalized spacial score (nSPS) is 15.1. The van der Waals surface area contributed by atoms with E-state index < -0.39 is 0 Å². The van der Waals surface area contributed by atoms with Crippen molar-refractivity contribution in [3.05, 3.63) is 105 Å². The van der Waals surface area contributed by atoms with Crippen LogP contribution in [0.3, 0.4) is 0 Å². The molecule has 146 valence electrons. The molecule has 0 spiro atoms. The van der Waals surface area contributed by atoms with Crippen LogP contribution in [0.15, 0.2) is 104 Å². The van der Waals surface area contributed by atoms with Gasteiger partial charge in [0.15, 0.2) is 0 Å². The van der Waals surface area contributed by atoms with Gasteiger partial charge >= 0.3 is 0 Å². The average Bonchev–Trinajstić information content (AvgIpc) is 3.08. The Labute approximate surface area is 191 Å². The SMILES string of the molecule is Brc1ccc(N/N=C2\C(=N\Nc3ccc(Br)cc3)c3cccc4cccc2c34)cc1. The van der Waals surface area contributed by atoms with Crippen LogP contribution in [-0.2, 0) is 0 Å². The Morgan fingerprint density at radius 3 is 1.40 bits per heavy atom. The van der Waals surface area contributed by atoms with Crippen LogP contribution in [0.2, 0.25) is 0 Å². The first-order valence-corrected chi connectivity index (χ1v) is 11.0. The highest BCUT2D eigenvalue weighted by Crippen LogP contribution is 2.32. The van der Waals surface area contributed by atoms with Crippen molar-refractivity contribution in [1.82, 2.24) is 0 Å². The Bertz CT molecular complexity index is 1200. The summed E-state index contributed by atoms with van der Waals surface area (Å²) in [6, 6.07) is 28.4. The standard InChI is InChI=1S/C24H16Br2N4/c25-16-7-11-18(12-8-16)27-29-23-20-5-1-3-15-4-2-6-21(22(15)20)24(23)30-28-19-13-9-17(26)10-14-19/h1-14,27-28H/b29-23-,30-24+. The molecule has 4 aromatic carbocycles. The van der Waals surface area contributed by atoms with Gasteiger partial charge < -0.3 is 0 Å². The highest BCUT2D eigenvalue weighted by molar-refractivity contribution is 9.10. The van der Waals surface area contributed by atoms with Crippen LogP contribution in [0.5, 0.6) is 0 Å². The zero-order valence-electron chi connectivity index (χ0n) is 15.7. The second-order valence-corrected chi connectivity index (χ2v) is 8.70. The van der Waals surface area contributed by atoms with E-state index in [-0.39, 0.29) is 0 Å². The lowest BCUT2D eigenvalue weighted by atomic mass is 10.1. The summed E-state index contributed by atoms with van der Waals surface area (Å²) in [5, 5.41) is 11.8. The molecule has 0 fully saturated rings. The van der Waals surface area contributed by atoms with Crippen molar-refractivity contribution in [2.24, 2.45) is 10.2 Å². The van der Waals surface area contributed by atoms with Gasteiger partial charge in [0.1, 0.15) is 11.4 Å². The molecule has 0 radical (unpaired) electrons. The monoisotopic (exact) mass is 518 g/mol. The third-order valence-electron chi connectivity index (χ3n) is 4.92. The minimum Gasteiger partial charge on any atom is -0.278 e. The molecule has 30 heavy (non-hydrogen) atoms. The lowest BCUT2D eigenvalue weighted by molar-refractivity contribution is 1.32. The highest BCUT2D eigenvalue weighted by atomic mass is 79.9. The minimum absolute atomic E-state index is 0.814. The first-order chi connectivity index (χ1) is 14.7. The molecule has 0 saturated heterocycles. The molecule has 0 aliphatic heterocycles. The number of anilines is 2. The summed E-state index contributed by atoms with van der Waals surface area (Å²) < 4.78 is 2.05. The summed E-state index contributed by atoms with van der Waals surface area (Å²) in [6.45, 7) is 0. The van der Waals surface area contributed by atoms with E-state index >= 15 is 0 Å². The molecule has 0 saturated carbocycles. The Balaban J connectivity index is 1.57. The van der Waals surface area contributed by atoms with Gasteiger partial charge in [0.05, 0.1) is 11.4 Å². The first-order valence-electron chi connectivity index (χ1n) is 9.40. The maximum absolute atomic E-state index is 4.74. The fourth-order valence-corrected chi connectivity index (χ4v) is 4.04. The number of nitrogens with one attached hydrogen (secondary N) is 2. The van der Waals surface area contributed by atoms with E-state index in [4.69, 9.17) is 10.2 Å². The number of hydrazone groups is 2. The molecule has 0 unspecified atom stereocenters. The summed E-state index contributed by atoms with van der Waals surface area (Å²) in [6.07, 6.45) is 0. The molecule has 1 aliphatic carbocycles. The van der Waals surface area contributed by atoms with Crippen molar-refractivity contribution >= 4 is 65.4 Å². The number of hydrogen-bond acceptors (Lipinski definition) is 4. The maximum Gasteiger partial charge on any atom is 0.119 e. The van der Waals surface area contributed by atoms with Gasteiger partial charge in [-0.15, -0.1) is 0 Å². The molecule has 2 N–H and O–H groups in total. The van der Waals surface area contributed by atoms with Gasteiger partial charge in [-0.05, 0) is 53.9 Å². The van der Waals surface area contributed by atoms with Crippen LogP contribution in [0.25, 0.3) is 10.8 Å². The number of halogens is 2. The summed E-state index contributed by atoms with van der Waals surface area (Å²) in [5.41, 5.74) is 12.0. The second-order valence-electron chi connectivity index (χ2n) is 6.87. The fraction of sp³-hybridized carbons (Fsp3) is 0. The molecule has 0 aromatic heterocycles.